The van der Waals surface area contributed by atoms with E-state index in [2.05, 4.69) is 83.6 Å². The third-order valence-corrected chi connectivity index (χ3v) is 8.54. The number of methoxy groups -OCH3 is 1. The van der Waals surface area contributed by atoms with Crippen LogP contribution in [0.25, 0.3) is 22.4 Å². The molecule has 42 heavy (non-hydrogen) atoms. The molecule has 0 bridgehead atoms. The lowest BCUT2D eigenvalue weighted by Crippen LogP contribution is -2.36. The Morgan fingerprint density at radius 1 is 0.810 bits per heavy atom. The second-order valence-corrected chi connectivity index (χ2v) is 11.5. The molecule has 8 nitrogen and oxygen atoms in total. The molecule has 5 rings (SSSR count). The van der Waals surface area contributed by atoms with Crippen LogP contribution in [-0.2, 0) is 22.6 Å². The fourth-order valence-electron chi connectivity index (χ4n) is 6.10. The van der Waals surface area contributed by atoms with Crippen LogP contribution in [0.2, 0.25) is 0 Å². The fourth-order valence-corrected chi connectivity index (χ4v) is 6.10. The average Bonchev–Trinajstić information content (AvgIpc) is 3.61. The van der Waals surface area contributed by atoms with E-state index in [4.69, 9.17) is 9.72 Å². The number of rotatable bonds is 13. The Bertz CT molecular complexity index is 1420. The van der Waals surface area contributed by atoms with Crippen molar-refractivity contribution in [2.75, 3.05) is 26.7 Å². The maximum atomic E-state index is 11.5. The third-order valence-electron chi connectivity index (χ3n) is 8.54. The predicted octanol–water partition coefficient (Wildman–Crippen LogP) is 4.21. The van der Waals surface area contributed by atoms with Gasteiger partial charge < -0.3 is 26.0 Å². The van der Waals surface area contributed by atoms with Crippen LogP contribution in [0.3, 0.4) is 0 Å². The maximum Gasteiger partial charge on any atom is 0.220 e. The Balaban J connectivity index is 1.24. The number of ether oxygens (including phenoxy) is 1. The number of amides is 2. The zero-order valence-electron chi connectivity index (χ0n) is 25.0. The molecule has 2 amide bonds. The highest BCUT2D eigenvalue weighted by Gasteiger charge is 2.21. The second kappa shape index (κ2) is 13.9. The van der Waals surface area contributed by atoms with Gasteiger partial charge in [-0.05, 0) is 80.0 Å². The monoisotopic (exact) mass is 569 g/mol. The molecular weight excluding hydrogens is 526 g/mol. The summed E-state index contributed by atoms with van der Waals surface area (Å²) >= 11 is 0. The molecule has 222 valence electrons. The van der Waals surface area contributed by atoms with E-state index in [1.54, 1.807) is 7.11 Å². The highest BCUT2D eigenvalue weighted by molar-refractivity contribution is 5.80. The largest absolute Gasteiger partial charge is 0.481 e. The van der Waals surface area contributed by atoms with Crippen LogP contribution in [0.1, 0.15) is 54.4 Å². The average molecular weight is 570 g/mol. The van der Waals surface area contributed by atoms with Crippen molar-refractivity contribution in [1.82, 2.24) is 26.3 Å². The number of nitrogens with zero attached hydrogens (tertiary/aromatic N) is 1. The van der Waals surface area contributed by atoms with Gasteiger partial charge >= 0.3 is 0 Å². The fraction of sp³-hybridized carbons (Fsp3) is 0.441. The Hall–Kier alpha value is -3.75. The number of pyridine rings is 1. The van der Waals surface area contributed by atoms with Gasteiger partial charge in [0.1, 0.15) is 0 Å². The summed E-state index contributed by atoms with van der Waals surface area (Å²) in [6.07, 6.45) is 5.10. The van der Waals surface area contributed by atoms with Crippen LogP contribution in [0.4, 0.5) is 0 Å². The molecule has 4 N–H and O–H groups in total. The van der Waals surface area contributed by atoms with Crippen LogP contribution in [0.15, 0.2) is 48.5 Å². The number of hydrogen-bond donors (Lipinski definition) is 4. The van der Waals surface area contributed by atoms with Crippen LogP contribution < -0.4 is 26.0 Å². The first kappa shape index (κ1) is 29.7. The van der Waals surface area contributed by atoms with Crippen LogP contribution in [-0.4, -0.2) is 55.6 Å². The number of carbonyl (C=O) groups is 2. The van der Waals surface area contributed by atoms with Gasteiger partial charge in [-0.2, -0.15) is 0 Å². The van der Waals surface area contributed by atoms with E-state index in [0.717, 1.165) is 62.1 Å². The van der Waals surface area contributed by atoms with Crippen molar-refractivity contribution in [2.45, 2.75) is 71.0 Å². The smallest absolute Gasteiger partial charge is 0.220 e. The van der Waals surface area contributed by atoms with Gasteiger partial charge in [-0.25, -0.2) is 4.98 Å². The molecule has 0 radical (unpaired) electrons. The normalized spacial score (nSPS) is 18.3. The van der Waals surface area contributed by atoms with Crippen molar-refractivity contribution < 1.29 is 14.3 Å². The van der Waals surface area contributed by atoms with Gasteiger partial charge in [-0.15, -0.1) is 0 Å². The summed E-state index contributed by atoms with van der Waals surface area (Å²) in [5.74, 6) is 0.911. The standard InChI is InChI=1S/C34H43N5O3/c1-22-24(8-6-18-35-20-26-13-16-32(40)37-26)7-4-9-28(22)29-10-5-11-30(23(29)2)31-15-12-25(34(39-31)42-3)19-36-21-27-14-17-33(41)38-27/h4-5,7,9-12,15,26-27,35-36H,6,8,13-14,16-21H2,1-3H3,(H,37,40)(H,38,41)/t26-,27-/m0/s1. The van der Waals surface area contributed by atoms with Crippen molar-refractivity contribution in [3.8, 4) is 28.3 Å². The molecule has 0 saturated carbocycles. The molecule has 0 spiro atoms. The van der Waals surface area contributed by atoms with E-state index in [9.17, 15) is 9.59 Å². The molecule has 2 atom stereocenters. The molecule has 3 aromatic rings. The molecule has 2 aliphatic rings. The van der Waals surface area contributed by atoms with E-state index >= 15 is 0 Å². The van der Waals surface area contributed by atoms with Crippen molar-refractivity contribution in [3.05, 3.63) is 70.8 Å². The van der Waals surface area contributed by atoms with Crippen molar-refractivity contribution in [2.24, 2.45) is 0 Å². The highest BCUT2D eigenvalue weighted by Crippen LogP contribution is 2.35. The molecule has 2 aromatic carbocycles. The minimum absolute atomic E-state index is 0.130. The van der Waals surface area contributed by atoms with Gasteiger partial charge in [-0.3, -0.25) is 9.59 Å². The first-order valence-corrected chi connectivity index (χ1v) is 15.2. The van der Waals surface area contributed by atoms with E-state index < -0.39 is 0 Å². The van der Waals surface area contributed by atoms with Crippen molar-refractivity contribution in [3.63, 3.8) is 0 Å². The molecule has 2 saturated heterocycles. The summed E-state index contributed by atoms with van der Waals surface area (Å²) in [6, 6.07) is 17.6. The SMILES string of the molecule is COc1nc(-c2cccc(-c3cccc(CCCNC[C@@H]4CCC(=O)N4)c3C)c2C)ccc1CNC[C@@H]1CCC(=O)N1. The lowest BCUT2D eigenvalue weighted by molar-refractivity contribution is -0.120. The first-order valence-electron chi connectivity index (χ1n) is 15.2. The molecule has 8 heteroatoms. The van der Waals surface area contributed by atoms with Crippen molar-refractivity contribution >= 4 is 11.8 Å². The molecule has 0 aliphatic carbocycles. The Kier molecular flexibility index (Phi) is 9.87. The number of aromatic nitrogens is 1. The summed E-state index contributed by atoms with van der Waals surface area (Å²) in [7, 11) is 1.66. The van der Waals surface area contributed by atoms with Gasteiger partial charge in [0.05, 0.1) is 12.8 Å². The summed E-state index contributed by atoms with van der Waals surface area (Å²) in [6.45, 7) is 7.52. The molecule has 0 unspecified atom stereocenters. The van der Waals surface area contributed by atoms with Gasteiger partial charge in [0.2, 0.25) is 17.7 Å². The summed E-state index contributed by atoms with van der Waals surface area (Å²) in [5.41, 5.74) is 9.30. The zero-order valence-corrected chi connectivity index (χ0v) is 25.0. The molecule has 2 aliphatic heterocycles. The molecule has 3 heterocycles. The van der Waals surface area contributed by atoms with Crippen molar-refractivity contribution in [1.29, 1.82) is 0 Å². The van der Waals surface area contributed by atoms with Gasteiger partial charge in [0.15, 0.2) is 0 Å². The summed E-state index contributed by atoms with van der Waals surface area (Å²) < 4.78 is 5.68. The Morgan fingerprint density at radius 2 is 1.45 bits per heavy atom. The quantitative estimate of drug-likeness (QED) is 0.230. The highest BCUT2D eigenvalue weighted by atomic mass is 16.5. The lowest BCUT2D eigenvalue weighted by Gasteiger charge is -2.17. The Morgan fingerprint density at radius 3 is 2.12 bits per heavy atom. The van der Waals surface area contributed by atoms with Crippen LogP contribution in [0, 0.1) is 13.8 Å². The number of hydrogen-bond acceptors (Lipinski definition) is 6. The summed E-state index contributed by atoms with van der Waals surface area (Å²) in [4.78, 5) is 27.8. The number of benzene rings is 2. The Labute approximate surface area is 249 Å². The minimum atomic E-state index is 0.130. The molecule has 2 fully saturated rings. The molecule has 1 aromatic heterocycles. The number of aryl methyl sites for hydroxylation is 1. The van der Waals surface area contributed by atoms with Gasteiger partial charge in [0.25, 0.3) is 0 Å². The van der Waals surface area contributed by atoms with E-state index in [0.29, 0.717) is 25.3 Å². The van der Waals surface area contributed by atoms with Crippen LogP contribution in [0.5, 0.6) is 5.88 Å². The zero-order chi connectivity index (χ0) is 29.5. The van der Waals surface area contributed by atoms with Gasteiger partial charge in [-0.1, -0.05) is 42.5 Å². The summed E-state index contributed by atoms with van der Waals surface area (Å²) in [5, 5.41) is 13.0. The second-order valence-electron chi connectivity index (χ2n) is 11.5. The predicted molar refractivity (Wildman–Crippen MR) is 166 cm³/mol. The number of nitrogens with one attached hydrogen (secondary N) is 4. The van der Waals surface area contributed by atoms with E-state index in [1.165, 1.54) is 27.8 Å². The molecular formula is C34H43N5O3. The minimum Gasteiger partial charge on any atom is -0.481 e. The maximum absolute atomic E-state index is 11.5. The van der Waals surface area contributed by atoms with E-state index in [1.807, 2.05) is 0 Å². The van der Waals surface area contributed by atoms with E-state index in [-0.39, 0.29) is 23.9 Å². The van der Waals surface area contributed by atoms with Crippen LogP contribution >= 0.6 is 0 Å². The number of carbonyl (C=O) groups excluding carboxylic acids is 2. The third kappa shape index (κ3) is 7.17. The van der Waals surface area contributed by atoms with Gasteiger partial charge in [0, 0.05) is 55.7 Å². The lowest BCUT2D eigenvalue weighted by atomic mass is 9.89. The topological polar surface area (TPSA) is 104 Å². The first-order chi connectivity index (χ1) is 20.4.